The van der Waals surface area contributed by atoms with Crippen molar-refractivity contribution in [2.75, 3.05) is 0 Å². The van der Waals surface area contributed by atoms with Crippen molar-refractivity contribution in [1.82, 2.24) is 9.78 Å². The molecule has 2 aromatic carbocycles. The summed E-state index contributed by atoms with van der Waals surface area (Å²) < 4.78 is 21.2. The Morgan fingerprint density at radius 2 is 1.93 bits per heavy atom. The van der Waals surface area contributed by atoms with Gasteiger partial charge in [0.15, 0.2) is 0 Å². The zero-order valence-electron chi connectivity index (χ0n) is 14.9. The molecule has 0 bridgehead atoms. The molecule has 2 atom stereocenters. The average Bonchev–Trinajstić information content (AvgIpc) is 2.97. The van der Waals surface area contributed by atoms with E-state index in [1.165, 1.54) is 12.1 Å². The molecule has 1 aromatic heterocycles. The summed E-state index contributed by atoms with van der Waals surface area (Å²) in [4.78, 5) is 0. The Kier molecular flexibility index (Phi) is 4.00. The molecular formula is C21H17FN4O. The van der Waals surface area contributed by atoms with E-state index in [1.807, 2.05) is 38.1 Å². The molecule has 0 spiro atoms. The van der Waals surface area contributed by atoms with Gasteiger partial charge in [0.1, 0.15) is 11.7 Å². The first kappa shape index (κ1) is 17.0. The Bertz CT molecular complexity index is 1080. The Morgan fingerprint density at radius 1 is 1.19 bits per heavy atom. The minimum absolute atomic E-state index is 0.160. The molecule has 0 saturated heterocycles. The molecule has 5 nitrogen and oxygen atoms in total. The van der Waals surface area contributed by atoms with Gasteiger partial charge in [-0.2, -0.15) is 10.4 Å². The summed E-state index contributed by atoms with van der Waals surface area (Å²) >= 11 is 0. The van der Waals surface area contributed by atoms with Crippen molar-refractivity contribution in [3.63, 3.8) is 0 Å². The van der Waals surface area contributed by atoms with Crippen LogP contribution in [0.2, 0.25) is 0 Å². The third-order valence-corrected chi connectivity index (χ3v) is 4.82. The van der Waals surface area contributed by atoms with Gasteiger partial charge in [-0.25, -0.2) is 9.07 Å². The molecular weight excluding hydrogens is 343 g/mol. The molecule has 0 aliphatic carbocycles. The molecule has 3 aromatic rings. The van der Waals surface area contributed by atoms with Gasteiger partial charge in [-0.05, 0) is 43.7 Å². The number of hydrogen-bond acceptors (Lipinski definition) is 4. The van der Waals surface area contributed by atoms with Crippen LogP contribution in [0.4, 0.5) is 4.39 Å². The maximum atomic E-state index is 13.8. The summed E-state index contributed by atoms with van der Waals surface area (Å²) in [6, 6.07) is 16.0. The number of aryl methyl sites for hydroxylation is 2. The van der Waals surface area contributed by atoms with E-state index in [0.29, 0.717) is 22.7 Å². The minimum Gasteiger partial charge on any atom is -0.423 e. The average molecular weight is 360 g/mol. The normalized spacial score (nSPS) is 18.5. The lowest BCUT2D eigenvalue weighted by molar-refractivity contribution is 0.423. The van der Waals surface area contributed by atoms with E-state index in [0.717, 1.165) is 11.3 Å². The van der Waals surface area contributed by atoms with Crippen LogP contribution >= 0.6 is 0 Å². The largest absolute Gasteiger partial charge is 0.423 e. The molecule has 1 aliphatic heterocycles. The Morgan fingerprint density at radius 3 is 2.59 bits per heavy atom. The van der Waals surface area contributed by atoms with Crippen LogP contribution in [0.5, 0.6) is 5.88 Å². The van der Waals surface area contributed by atoms with Crippen molar-refractivity contribution in [2.45, 2.75) is 19.8 Å². The van der Waals surface area contributed by atoms with E-state index < -0.39 is 11.8 Å². The number of nitriles is 1. The third kappa shape index (κ3) is 2.77. The van der Waals surface area contributed by atoms with Crippen LogP contribution in [0.3, 0.4) is 0 Å². The minimum atomic E-state index is -0.839. The third-order valence-electron chi connectivity index (χ3n) is 4.82. The highest BCUT2D eigenvalue weighted by Crippen LogP contribution is 2.44. The number of nitrogens with zero attached hydrogens (tertiary/aromatic N) is 3. The number of benzene rings is 2. The predicted molar refractivity (Wildman–Crippen MR) is 98.7 cm³/mol. The van der Waals surface area contributed by atoms with Crippen molar-refractivity contribution in [3.8, 4) is 17.6 Å². The van der Waals surface area contributed by atoms with Crippen LogP contribution in [0.1, 0.15) is 28.3 Å². The van der Waals surface area contributed by atoms with Gasteiger partial charge in [-0.15, -0.1) is 0 Å². The smallest absolute Gasteiger partial charge is 0.228 e. The first-order valence-electron chi connectivity index (χ1n) is 8.57. The van der Waals surface area contributed by atoms with Crippen molar-refractivity contribution in [2.24, 2.45) is 5.92 Å². The van der Waals surface area contributed by atoms with Crippen LogP contribution < -0.4 is 4.74 Å². The van der Waals surface area contributed by atoms with Gasteiger partial charge in [0, 0.05) is 11.5 Å². The lowest BCUT2D eigenvalue weighted by atomic mass is 9.79. The number of nitrogens with one attached hydrogen (secondary N) is 1. The molecule has 0 radical (unpaired) electrons. The molecule has 0 amide bonds. The number of rotatable bonds is 2. The zero-order chi connectivity index (χ0) is 19.1. The van der Waals surface area contributed by atoms with Crippen molar-refractivity contribution >= 4 is 5.90 Å². The zero-order valence-corrected chi connectivity index (χ0v) is 14.9. The lowest BCUT2D eigenvalue weighted by Crippen LogP contribution is -2.31. The Balaban J connectivity index is 1.94. The first-order valence-corrected chi connectivity index (χ1v) is 8.57. The predicted octanol–water partition coefficient (Wildman–Crippen LogP) is 4.27. The Hall–Kier alpha value is -3.46. The highest BCUT2D eigenvalue weighted by Gasteiger charge is 2.41. The fourth-order valence-corrected chi connectivity index (χ4v) is 3.51. The van der Waals surface area contributed by atoms with Crippen molar-refractivity contribution in [3.05, 3.63) is 76.7 Å². The van der Waals surface area contributed by atoms with Gasteiger partial charge in [0.25, 0.3) is 0 Å². The van der Waals surface area contributed by atoms with E-state index in [-0.39, 0.29) is 11.7 Å². The number of hydrogen-bond donors (Lipinski definition) is 1. The highest BCUT2D eigenvalue weighted by molar-refractivity contribution is 5.85. The second kappa shape index (κ2) is 6.36. The molecule has 0 saturated carbocycles. The fourth-order valence-electron chi connectivity index (χ4n) is 3.51. The second-order valence-electron chi connectivity index (χ2n) is 6.66. The molecule has 1 N–H and O–H groups in total. The van der Waals surface area contributed by atoms with E-state index in [4.69, 9.17) is 10.1 Å². The second-order valence-corrected chi connectivity index (χ2v) is 6.66. The van der Waals surface area contributed by atoms with Crippen LogP contribution in [0, 0.1) is 42.3 Å². The summed E-state index contributed by atoms with van der Waals surface area (Å²) in [5, 5.41) is 22.5. The molecule has 6 heteroatoms. The maximum Gasteiger partial charge on any atom is 0.228 e. The molecule has 1 aliphatic rings. The summed E-state index contributed by atoms with van der Waals surface area (Å²) in [6.45, 7) is 3.83. The molecule has 2 heterocycles. The monoisotopic (exact) mass is 360 g/mol. The van der Waals surface area contributed by atoms with Crippen LogP contribution in [0.25, 0.3) is 5.69 Å². The SMILES string of the molecule is Cc1ccc(-n2nc(C)c3c2OC(=N)C(C#N)C3c2cccc(F)c2)cc1. The van der Waals surface area contributed by atoms with Crippen LogP contribution in [-0.4, -0.2) is 15.7 Å². The number of ether oxygens (including phenoxy) is 1. The van der Waals surface area contributed by atoms with E-state index >= 15 is 0 Å². The number of halogens is 1. The highest BCUT2D eigenvalue weighted by atomic mass is 19.1. The van der Waals surface area contributed by atoms with E-state index in [9.17, 15) is 9.65 Å². The standard InChI is InChI=1S/C21H17FN4O/c1-12-6-8-16(9-7-12)26-21-18(13(2)25-26)19(17(11-23)20(24)27-21)14-4-3-5-15(22)10-14/h3-10,17,19,24H,1-2H3. The first-order chi connectivity index (χ1) is 13.0. The van der Waals surface area contributed by atoms with Gasteiger partial charge in [-0.1, -0.05) is 29.8 Å². The van der Waals surface area contributed by atoms with Crippen LogP contribution in [0.15, 0.2) is 48.5 Å². The quantitative estimate of drug-likeness (QED) is 0.741. The van der Waals surface area contributed by atoms with Gasteiger partial charge >= 0.3 is 0 Å². The summed E-state index contributed by atoms with van der Waals surface area (Å²) in [5.74, 6) is -1.49. The topological polar surface area (TPSA) is 74.7 Å². The maximum absolute atomic E-state index is 13.8. The van der Waals surface area contributed by atoms with E-state index in [2.05, 4.69) is 11.2 Å². The number of aromatic nitrogens is 2. The lowest BCUT2D eigenvalue weighted by Gasteiger charge is -2.28. The van der Waals surface area contributed by atoms with Crippen molar-refractivity contribution in [1.29, 1.82) is 10.7 Å². The molecule has 27 heavy (non-hydrogen) atoms. The van der Waals surface area contributed by atoms with Gasteiger partial charge in [-0.3, -0.25) is 5.41 Å². The molecule has 4 rings (SSSR count). The van der Waals surface area contributed by atoms with Gasteiger partial charge < -0.3 is 4.74 Å². The Labute approximate surface area is 156 Å². The van der Waals surface area contributed by atoms with Crippen LogP contribution in [-0.2, 0) is 0 Å². The van der Waals surface area contributed by atoms with Gasteiger partial charge in [0.2, 0.25) is 11.8 Å². The van der Waals surface area contributed by atoms with E-state index in [1.54, 1.807) is 16.8 Å². The summed E-state index contributed by atoms with van der Waals surface area (Å²) in [6.07, 6.45) is 0. The van der Waals surface area contributed by atoms with Gasteiger partial charge in [0.05, 0.1) is 17.5 Å². The molecule has 0 fully saturated rings. The summed E-state index contributed by atoms with van der Waals surface area (Å²) in [7, 11) is 0. The summed E-state index contributed by atoms with van der Waals surface area (Å²) in [5.41, 5.74) is 3.94. The fraction of sp³-hybridized carbons (Fsp3) is 0.190. The number of fused-ring (bicyclic) bond motifs is 1. The molecule has 2 unspecified atom stereocenters. The molecule has 134 valence electrons. The van der Waals surface area contributed by atoms with Crippen molar-refractivity contribution < 1.29 is 9.13 Å².